The lowest BCUT2D eigenvalue weighted by atomic mass is 10.2. The summed E-state index contributed by atoms with van der Waals surface area (Å²) in [6.45, 7) is 8.13. The molecule has 5 heteroatoms. The third-order valence-electron chi connectivity index (χ3n) is 3.37. The van der Waals surface area contributed by atoms with Gasteiger partial charge in [-0.1, -0.05) is 19.8 Å². The summed E-state index contributed by atoms with van der Waals surface area (Å²) in [5.41, 5.74) is 1.12. The van der Waals surface area contributed by atoms with Gasteiger partial charge in [-0.3, -0.25) is 0 Å². The molecule has 0 amide bonds. The van der Waals surface area contributed by atoms with Crippen molar-refractivity contribution in [2.24, 2.45) is 0 Å². The highest BCUT2D eigenvalue weighted by atomic mass is 32.2. The van der Waals surface area contributed by atoms with Crippen molar-refractivity contribution in [1.29, 1.82) is 0 Å². The normalized spacial score (nSPS) is 10.7. The number of hydrogen-bond donors (Lipinski definition) is 2. The highest BCUT2D eigenvalue weighted by molar-refractivity contribution is 7.98. The van der Waals surface area contributed by atoms with Crippen molar-refractivity contribution in [2.45, 2.75) is 52.9 Å². The summed E-state index contributed by atoms with van der Waals surface area (Å²) in [5, 5.41) is 6.84. The second kappa shape index (κ2) is 10.7. The molecule has 0 fully saturated rings. The quantitative estimate of drug-likeness (QED) is 0.598. The van der Waals surface area contributed by atoms with E-state index in [1.54, 1.807) is 0 Å². The topological polar surface area (TPSA) is 49.8 Å². The van der Waals surface area contributed by atoms with Crippen LogP contribution in [0.5, 0.6) is 0 Å². The van der Waals surface area contributed by atoms with Crippen LogP contribution >= 0.6 is 11.8 Å². The Morgan fingerprint density at radius 2 is 1.52 bits per heavy atom. The van der Waals surface area contributed by atoms with Crippen LogP contribution in [0.1, 0.15) is 50.4 Å². The number of aromatic nitrogens is 2. The molecule has 4 nitrogen and oxygen atoms in total. The predicted octanol–water partition coefficient (Wildman–Crippen LogP) is 4.25. The molecule has 0 aromatic carbocycles. The van der Waals surface area contributed by atoms with Crippen LogP contribution in [0.4, 0.5) is 11.6 Å². The van der Waals surface area contributed by atoms with Gasteiger partial charge in [0.15, 0.2) is 0 Å². The fraction of sp³-hybridized carbons (Fsp3) is 0.750. The Morgan fingerprint density at radius 3 is 2.14 bits per heavy atom. The zero-order valence-electron chi connectivity index (χ0n) is 14.0. The maximum absolute atomic E-state index is 4.52. The highest BCUT2D eigenvalue weighted by Gasteiger charge is 2.08. The molecule has 1 aromatic rings. The van der Waals surface area contributed by atoms with Crippen molar-refractivity contribution in [1.82, 2.24) is 9.97 Å². The fourth-order valence-corrected chi connectivity index (χ4v) is 2.64. The molecule has 0 saturated carbocycles. The third-order valence-corrected chi connectivity index (χ3v) is 4.06. The Labute approximate surface area is 133 Å². The Morgan fingerprint density at radius 1 is 0.905 bits per heavy atom. The van der Waals surface area contributed by atoms with Gasteiger partial charge in [-0.2, -0.15) is 11.8 Å². The van der Waals surface area contributed by atoms with E-state index in [4.69, 9.17) is 0 Å². The van der Waals surface area contributed by atoms with Crippen LogP contribution in [-0.2, 0) is 0 Å². The van der Waals surface area contributed by atoms with Crippen LogP contribution in [0.15, 0.2) is 0 Å². The van der Waals surface area contributed by atoms with Gasteiger partial charge in [0.2, 0.25) is 0 Å². The molecule has 0 bridgehead atoms. The number of nitrogens with zero attached hydrogens (tertiary/aromatic N) is 2. The average molecular weight is 311 g/mol. The van der Waals surface area contributed by atoms with Gasteiger partial charge in [-0.05, 0) is 45.1 Å². The fourth-order valence-electron chi connectivity index (χ4n) is 2.15. The first kappa shape index (κ1) is 18.1. The summed E-state index contributed by atoms with van der Waals surface area (Å²) >= 11 is 1.93. The van der Waals surface area contributed by atoms with E-state index in [1.165, 1.54) is 31.4 Å². The van der Waals surface area contributed by atoms with Gasteiger partial charge < -0.3 is 10.6 Å². The summed E-state index contributed by atoms with van der Waals surface area (Å²) < 4.78 is 0. The summed E-state index contributed by atoms with van der Waals surface area (Å²) in [7, 11) is 0. The smallest absolute Gasteiger partial charge is 0.134 e. The van der Waals surface area contributed by atoms with Crippen LogP contribution in [0.2, 0.25) is 0 Å². The van der Waals surface area contributed by atoms with Crippen molar-refractivity contribution in [3.05, 3.63) is 11.4 Å². The average Bonchev–Trinajstić information content (AvgIpc) is 2.47. The van der Waals surface area contributed by atoms with E-state index in [9.17, 15) is 0 Å². The lowest BCUT2D eigenvalue weighted by Crippen LogP contribution is -2.11. The Hall–Kier alpha value is -0.970. The monoisotopic (exact) mass is 310 g/mol. The first-order valence-electron chi connectivity index (χ1n) is 8.01. The van der Waals surface area contributed by atoms with Gasteiger partial charge in [0.1, 0.15) is 17.5 Å². The molecule has 0 saturated heterocycles. The van der Waals surface area contributed by atoms with Crippen molar-refractivity contribution in [2.75, 3.05) is 35.7 Å². The molecular weight excluding hydrogens is 280 g/mol. The number of rotatable bonds is 11. The lowest BCUT2D eigenvalue weighted by molar-refractivity contribution is 0.688. The van der Waals surface area contributed by atoms with Gasteiger partial charge in [-0.25, -0.2) is 9.97 Å². The molecule has 1 aromatic heterocycles. The zero-order chi connectivity index (χ0) is 15.5. The van der Waals surface area contributed by atoms with Crippen molar-refractivity contribution in [3.63, 3.8) is 0 Å². The summed E-state index contributed by atoms with van der Waals surface area (Å²) in [6, 6.07) is 0. The van der Waals surface area contributed by atoms with Crippen LogP contribution in [0.25, 0.3) is 0 Å². The number of unbranched alkanes of at least 4 members (excludes halogenated alkanes) is 3. The number of aryl methyl sites for hydroxylation is 1. The Kier molecular flexibility index (Phi) is 9.22. The van der Waals surface area contributed by atoms with Crippen LogP contribution in [0.3, 0.4) is 0 Å². The van der Waals surface area contributed by atoms with Gasteiger partial charge in [-0.15, -0.1) is 0 Å². The van der Waals surface area contributed by atoms with E-state index in [2.05, 4.69) is 40.7 Å². The molecule has 120 valence electrons. The van der Waals surface area contributed by atoms with Crippen molar-refractivity contribution >= 4 is 23.4 Å². The zero-order valence-corrected chi connectivity index (χ0v) is 14.8. The molecule has 0 unspecified atom stereocenters. The van der Waals surface area contributed by atoms with Gasteiger partial charge in [0.05, 0.1) is 0 Å². The van der Waals surface area contributed by atoms with Gasteiger partial charge in [0.25, 0.3) is 0 Å². The largest absolute Gasteiger partial charge is 0.370 e. The summed E-state index contributed by atoms with van der Waals surface area (Å²) in [6.07, 6.45) is 8.42. The molecular formula is C16H30N4S. The molecule has 2 N–H and O–H groups in total. The molecule has 21 heavy (non-hydrogen) atoms. The van der Waals surface area contributed by atoms with E-state index >= 15 is 0 Å². The molecule has 0 radical (unpaired) electrons. The van der Waals surface area contributed by atoms with E-state index in [1.807, 2.05) is 18.7 Å². The maximum Gasteiger partial charge on any atom is 0.134 e. The minimum absolute atomic E-state index is 0.821. The third kappa shape index (κ3) is 7.02. The molecule has 0 spiro atoms. The number of nitrogens with one attached hydrogen (secondary N) is 2. The second-order valence-corrected chi connectivity index (χ2v) is 6.34. The van der Waals surface area contributed by atoms with Crippen molar-refractivity contribution < 1.29 is 0 Å². The van der Waals surface area contributed by atoms with Crippen LogP contribution in [0, 0.1) is 13.8 Å². The van der Waals surface area contributed by atoms with E-state index in [0.717, 1.165) is 42.5 Å². The minimum Gasteiger partial charge on any atom is -0.370 e. The van der Waals surface area contributed by atoms with Crippen LogP contribution < -0.4 is 10.6 Å². The molecule has 1 heterocycles. The number of thioether (sulfide) groups is 1. The Bertz CT molecular complexity index is 410. The molecule has 0 aliphatic carbocycles. The summed E-state index contributed by atoms with van der Waals surface area (Å²) in [5.74, 6) is 4.04. The lowest BCUT2D eigenvalue weighted by Gasteiger charge is -2.14. The number of hydrogen-bond acceptors (Lipinski definition) is 5. The predicted molar refractivity (Wildman–Crippen MR) is 95.6 cm³/mol. The highest BCUT2D eigenvalue weighted by Crippen LogP contribution is 2.20. The van der Waals surface area contributed by atoms with E-state index < -0.39 is 0 Å². The minimum atomic E-state index is 0.821. The SMILES string of the molecule is CCCNc1nc(C)nc(NCCCCCCSC)c1C. The first-order valence-corrected chi connectivity index (χ1v) is 9.40. The Balaban J connectivity index is 2.41. The summed E-state index contributed by atoms with van der Waals surface area (Å²) in [4.78, 5) is 9.01. The van der Waals surface area contributed by atoms with E-state index in [0.29, 0.717) is 0 Å². The second-order valence-electron chi connectivity index (χ2n) is 5.35. The molecule has 0 aliphatic rings. The molecule has 0 atom stereocenters. The first-order chi connectivity index (χ1) is 10.2. The van der Waals surface area contributed by atoms with Crippen LogP contribution in [-0.4, -0.2) is 35.1 Å². The van der Waals surface area contributed by atoms with Crippen molar-refractivity contribution in [3.8, 4) is 0 Å². The van der Waals surface area contributed by atoms with E-state index in [-0.39, 0.29) is 0 Å². The molecule has 0 aliphatic heterocycles. The van der Waals surface area contributed by atoms with Gasteiger partial charge >= 0.3 is 0 Å². The van der Waals surface area contributed by atoms with Gasteiger partial charge in [0, 0.05) is 18.7 Å². The molecule has 1 rings (SSSR count). The number of anilines is 2. The maximum atomic E-state index is 4.52. The standard InChI is InChI=1S/C16H30N4S/c1-5-10-17-15-13(2)16(20-14(3)19-15)18-11-8-6-7-9-12-21-4/h5-12H2,1-4H3,(H2,17,18,19,20).